The Bertz CT molecular complexity index is 401. The predicted octanol–water partition coefficient (Wildman–Crippen LogP) is 3.06. The zero-order chi connectivity index (χ0) is 14.1. The first-order valence-corrected chi connectivity index (χ1v) is 8.83. The second-order valence-electron chi connectivity index (χ2n) is 6.10. The van der Waals surface area contributed by atoms with Crippen molar-refractivity contribution in [2.45, 2.75) is 50.7 Å². The Morgan fingerprint density at radius 2 is 1.45 bits per heavy atom. The molecule has 20 heavy (non-hydrogen) atoms. The molecule has 2 heterocycles. The highest BCUT2D eigenvalue weighted by Crippen LogP contribution is 2.47. The van der Waals surface area contributed by atoms with E-state index in [0.29, 0.717) is 0 Å². The van der Waals surface area contributed by atoms with Crippen molar-refractivity contribution in [3.05, 3.63) is 12.2 Å². The van der Waals surface area contributed by atoms with Gasteiger partial charge in [0.05, 0.1) is 30.0 Å². The molecule has 0 amide bonds. The first kappa shape index (κ1) is 14.5. The third-order valence-corrected chi connectivity index (χ3v) is 5.43. The van der Waals surface area contributed by atoms with Crippen molar-refractivity contribution < 1.29 is 14.3 Å². The zero-order valence-electron chi connectivity index (χ0n) is 11.6. The third-order valence-electron chi connectivity index (χ3n) is 4.87. The van der Waals surface area contributed by atoms with Crippen LogP contribution in [0.25, 0.3) is 0 Å². The Kier molecular flexibility index (Phi) is 4.41. The lowest BCUT2D eigenvalue weighted by molar-refractivity contribution is -0.131. The van der Waals surface area contributed by atoms with E-state index in [9.17, 15) is 9.59 Å². The summed E-state index contributed by atoms with van der Waals surface area (Å²) >= 11 is 3.43. The Labute approximate surface area is 128 Å². The average Bonchev–Trinajstić information content (AvgIpc) is 3.11. The van der Waals surface area contributed by atoms with Crippen LogP contribution in [0.15, 0.2) is 12.2 Å². The van der Waals surface area contributed by atoms with Gasteiger partial charge in [0.25, 0.3) is 0 Å². The molecule has 2 bridgehead atoms. The molecule has 0 N–H and O–H groups in total. The fourth-order valence-electron chi connectivity index (χ4n) is 3.85. The van der Waals surface area contributed by atoms with Crippen LogP contribution in [-0.4, -0.2) is 29.1 Å². The van der Waals surface area contributed by atoms with Crippen LogP contribution in [0.3, 0.4) is 0 Å². The number of alkyl halides is 1. The fourth-order valence-corrected chi connectivity index (χ4v) is 4.25. The maximum absolute atomic E-state index is 12.4. The molecule has 4 heteroatoms. The number of hydrogen-bond donors (Lipinski definition) is 0. The predicted molar refractivity (Wildman–Crippen MR) is 79.8 cm³/mol. The van der Waals surface area contributed by atoms with Gasteiger partial charge in [0.15, 0.2) is 0 Å². The van der Waals surface area contributed by atoms with Crippen LogP contribution < -0.4 is 0 Å². The fraction of sp³-hybridized carbons (Fsp3) is 0.750. The lowest BCUT2D eigenvalue weighted by Crippen LogP contribution is -2.26. The van der Waals surface area contributed by atoms with E-state index in [2.05, 4.69) is 15.9 Å². The summed E-state index contributed by atoms with van der Waals surface area (Å²) in [5.74, 6) is -0.378. The first-order valence-electron chi connectivity index (χ1n) is 7.71. The van der Waals surface area contributed by atoms with Crippen molar-refractivity contribution in [3.63, 3.8) is 0 Å². The van der Waals surface area contributed by atoms with Gasteiger partial charge < -0.3 is 4.74 Å². The number of hydrogen-bond acceptors (Lipinski definition) is 3. The molecular weight excluding hydrogens is 320 g/mol. The molecule has 1 aliphatic carbocycles. The zero-order valence-corrected chi connectivity index (χ0v) is 13.2. The maximum atomic E-state index is 12.4. The van der Waals surface area contributed by atoms with Gasteiger partial charge >= 0.3 is 0 Å². The Morgan fingerprint density at radius 1 is 0.900 bits per heavy atom. The van der Waals surface area contributed by atoms with Gasteiger partial charge in [0.2, 0.25) is 0 Å². The standard InChI is InChI=1S/C16H21BrO3/c17-9-5-3-1-2-4-6-10-15(18)13-11-7-8-12(20-11)14(13)16(10)19/h7-8,10-14H,1-6,9H2. The van der Waals surface area contributed by atoms with Crippen LogP contribution in [0, 0.1) is 17.8 Å². The van der Waals surface area contributed by atoms with E-state index in [1.807, 2.05) is 12.2 Å². The van der Waals surface area contributed by atoms with E-state index < -0.39 is 0 Å². The monoisotopic (exact) mass is 340 g/mol. The summed E-state index contributed by atoms with van der Waals surface area (Å²) in [6.07, 6.45) is 10.2. The van der Waals surface area contributed by atoms with Crippen LogP contribution >= 0.6 is 15.9 Å². The summed E-state index contributed by atoms with van der Waals surface area (Å²) < 4.78 is 5.64. The van der Waals surface area contributed by atoms with E-state index in [-0.39, 0.29) is 41.5 Å². The van der Waals surface area contributed by atoms with Crippen molar-refractivity contribution >= 4 is 27.5 Å². The van der Waals surface area contributed by atoms with Gasteiger partial charge in [0, 0.05) is 5.33 Å². The number of ketones is 2. The van der Waals surface area contributed by atoms with Crippen LogP contribution in [0.2, 0.25) is 0 Å². The molecular formula is C16H21BrO3. The largest absolute Gasteiger partial charge is 0.365 e. The van der Waals surface area contributed by atoms with E-state index in [1.54, 1.807) is 0 Å². The number of ether oxygens (including phenoxy) is 1. The molecule has 2 aliphatic heterocycles. The van der Waals surface area contributed by atoms with Crippen molar-refractivity contribution in [2.75, 3.05) is 5.33 Å². The van der Waals surface area contributed by atoms with E-state index in [4.69, 9.17) is 4.74 Å². The number of carbonyl (C=O) groups excluding carboxylic acids is 2. The van der Waals surface area contributed by atoms with Gasteiger partial charge in [-0.2, -0.15) is 0 Å². The van der Waals surface area contributed by atoms with Gasteiger partial charge in [-0.1, -0.05) is 53.8 Å². The molecule has 0 aromatic carbocycles. The van der Waals surface area contributed by atoms with Crippen LogP contribution in [0.1, 0.15) is 38.5 Å². The van der Waals surface area contributed by atoms with Crippen LogP contribution in [0.4, 0.5) is 0 Å². The highest BCUT2D eigenvalue weighted by molar-refractivity contribution is 9.09. The highest BCUT2D eigenvalue weighted by atomic mass is 79.9. The van der Waals surface area contributed by atoms with Gasteiger partial charge in [-0.3, -0.25) is 9.59 Å². The van der Waals surface area contributed by atoms with Crippen molar-refractivity contribution in [2.24, 2.45) is 17.8 Å². The highest BCUT2D eigenvalue weighted by Gasteiger charge is 2.60. The molecule has 110 valence electrons. The normalized spacial score (nSPS) is 38.0. The summed E-state index contributed by atoms with van der Waals surface area (Å²) in [6.45, 7) is 0. The minimum absolute atomic E-state index is 0.120. The Morgan fingerprint density at radius 3 is 2.05 bits per heavy atom. The Hall–Kier alpha value is -0.480. The number of Topliss-reactive ketones (excluding diaryl/α,β-unsaturated/α-hetero) is 2. The number of rotatable bonds is 7. The smallest absolute Gasteiger partial charge is 0.150 e. The molecule has 2 fully saturated rings. The Balaban J connectivity index is 1.49. The van der Waals surface area contributed by atoms with Gasteiger partial charge in [0.1, 0.15) is 11.6 Å². The second-order valence-corrected chi connectivity index (χ2v) is 6.90. The minimum atomic E-state index is -0.338. The van der Waals surface area contributed by atoms with Gasteiger partial charge in [-0.05, 0) is 12.8 Å². The lowest BCUT2D eigenvalue weighted by atomic mass is 9.85. The quantitative estimate of drug-likeness (QED) is 0.309. The van der Waals surface area contributed by atoms with Crippen molar-refractivity contribution in [1.82, 2.24) is 0 Å². The van der Waals surface area contributed by atoms with E-state index in [0.717, 1.165) is 24.6 Å². The summed E-state index contributed by atoms with van der Waals surface area (Å²) in [5.41, 5.74) is 0. The topological polar surface area (TPSA) is 43.4 Å². The van der Waals surface area contributed by atoms with E-state index in [1.165, 1.54) is 19.3 Å². The van der Waals surface area contributed by atoms with Gasteiger partial charge in [-0.15, -0.1) is 0 Å². The molecule has 0 aromatic rings. The average molecular weight is 341 g/mol. The molecule has 4 atom stereocenters. The minimum Gasteiger partial charge on any atom is -0.365 e. The summed E-state index contributed by atoms with van der Waals surface area (Å²) in [7, 11) is 0. The summed E-state index contributed by atoms with van der Waals surface area (Å²) in [6, 6.07) is 0. The number of fused-ring (bicyclic) bond motifs is 5. The van der Waals surface area contributed by atoms with Gasteiger partial charge in [-0.25, -0.2) is 0 Å². The molecule has 4 unspecified atom stereocenters. The summed E-state index contributed by atoms with van der Waals surface area (Å²) in [5, 5.41) is 1.06. The SMILES string of the molecule is O=C1C(CCCCCCCBr)C(=O)C2C3C=CC(O3)C12. The van der Waals surface area contributed by atoms with Crippen LogP contribution in [-0.2, 0) is 14.3 Å². The lowest BCUT2D eigenvalue weighted by Gasteiger charge is -2.12. The van der Waals surface area contributed by atoms with Crippen molar-refractivity contribution in [1.29, 1.82) is 0 Å². The maximum Gasteiger partial charge on any atom is 0.150 e. The summed E-state index contributed by atoms with van der Waals surface area (Å²) in [4.78, 5) is 24.8. The first-order chi connectivity index (χ1) is 9.74. The second kappa shape index (κ2) is 6.10. The molecule has 1 saturated carbocycles. The number of carbonyl (C=O) groups is 2. The van der Waals surface area contributed by atoms with Crippen LogP contribution in [0.5, 0.6) is 0 Å². The number of halogens is 1. The van der Waals surface area contributed by atoms with E-state index >= 15 is 0 Å². The molecule has 3 rings (SSSR count). The molecule has 1 saturated heterocycles. The number of unbranched alkanes of at least 4 members (excludes halogenated alkanes) is 4. The molecule has 3 aliphatic rings. The van der Waals surface area contributed by atoms with Crippen molar-refractivity contribution in [3.8, 4) is 0 Å². The molecule has 0 spiro atoms. The molecule has 0 radical (unpaired) electrons. The molecule has 3 nitrogen and oxygen atoms in total. The third kappa shape index (κ3) is 2.41. The molecule has 0 aromatic heterocycles.